The minimum absolute atomic E-state index is 0.101. The smallest absolute Gasteiger partial charge is 0.236 e. The number of nitrogens with zero attached hydrogens (tertiary/aromatic N) is 1. The molecule has 3 rings (SSSR count). The van der Waals surface area contributed by atoms with Gasteiger partial charge in [-0.25, -0.2) is 0 Å². The maximum Gasteiger partial charge on any atom is 0.236 e. The Hall–Kier alpha value is -1.20. The number of carbonyl (C=O) groups excluding carboxylic acids is 2. The first kappa shape index (κ1) is 9.06. The average Bonchev–Trinajstić information content (AvgIpc) is 2.87. The molecule has 0 aromatic heterocycles. The van der Waals surface area contributed by atoms with Gasteiger partial charge >= 0.3 is 0 Å². The lowest BCUT2D eigenvalue weighted by Gasteiger charge is -2.15. The van der Waals surface area contributed by atoms with Crippen molar-refractivity contribution >= 4 is 11.8 Å². The summed E-state index contributed by atoms with van der Waals surface area (Å²) in [6, 6.07) is 0. The summed E-state index contributed by atoms with van der Waals surface area (Å²) < 4.78 is 5.46. The third-order valence-electron chi connectivity index (χ3n) is 3.33. The van der Waals surface area contributed by atoms with Crippen LogP contribution in [-0.4, -0.2) is 47.2 Å². The molecule has 2 amide bonds. The fourth-order valence-corrected chi connectivity index (χ4v) is 2.69. The van der Waals surface area contributed by atoms with Gasteiger partial charge in [0.15, 0.2) is 0 Å². The van der Waals surface area contributed by atoms with Crippen LogP contribution in [0.15, 0.2) is 12.2 Å². The molecule has 4 atom stereocenters. The molecule has 0 saturated carbocycles. The van der Waals surface area contributed by atoms with Crippen LogP contribution >= 0.6 is 0 Å². The Labute approximate surface area is 86.3 Å². The van der Waals surface area contributed by atoms with Crippen LogP contribution in [0, 0.1) is 11.8 Å². The minimum atomic E-state index is -0.348. The molecule has 0 aromatic rings. The van der Waals surface area contributed by atoms with E-state index in [1.807, 2.05) is 12.2 Å². The third kappa shape index (κ3) is 0.992. The van der Waals surface area contributed by atoms with Crippen LogP contribution in [0.5, 0.6) is 0 Å². The van der Waals surface area contributed by atoms with E-state index in [-0.39, 0.29) is 49.0 Å². The molecule has 0 aliphatic carbocycles. The van der Waals surface area contributed by atoms with Crippen molar-refractivity contribution in [3.63, 3.8) is 0 Å². The molecule has 3 aliphatic heterocycles. The first-order chi connectivity index (χ1) is 7.24. The van der Waals surface area contributed by atoms with Gasteiger partial charge in [-0.05, 0) is 0 Å². The number of aliphatic hydroxyl groups excluding tert-OH is 1. The molecule has 2 unspecified atom stereocenters. The largest absolute Gasteiger partial charge is 0.395 e. The Morgan fingerprint density at radius 2 is 1.73 bits per heavy atom. The van der Waals surface area contributed by atoms with E-state index in [0.29, 0.717) is 0 Å². The second-order valence-electron chi connectivity index (χ2n) is 4.05. The number of imide groups is 1. The van der Waals surface area contributed by atoms with Crippen molar-refractivity contribution in [2.75, 3.05) is 13.2 Å². The van der Waals surface area contributed by atoms with Gasteiger partial charge in [-0.2, -0.15) is 0 Å². The molecule has 2 saturated heterocycles. The quantitative estimate of drug-likeness (QED) is 0.464. The van der Waals surface area contributed by atoms with E-state index in [4.69, 9.17) is 9.84 Å². The molecule has 1 N–H and O–H groups in total. The van der Waals surface area contributed by atoms with Crippen molar-refractivity contribution in [3.8, 4) is 0 Å². The van der Waals surface area contributed by atoms with Crippen LogP contribution in [0.1, 0.15) is 0 Å². The van der Waals surface area contributed by atoms with Gasteiger partial charge in [0.25, 0.3) is 0 Å². The summed E-state index contributed by atoms with van der Waals surface area (Å²) in [7, 11) is 0. The number of ether oxygens (including phenoxy) is 1. The number of hydrogen-bond acceptors (Lipinski definition) is 4. The number of rotatable bonds is 2. The Morgan fingerprint density at radius 3 is 2.20 bits per heavy atom. The summed E-state index contributed by atoms with van der Waals surface area (Å²) >= 11 is 0. The van der Waals surface area contributed by atoms with Crippen LogP contribution in [0.3, 0.4) is 0 Å². The molecular weight excluding hydrogens is 198 g/mol. The summed E-state index contributed by atoms with van der Waals surface area (Å²) in [5.41, 5.74) is 0. The van der Waals surface area contributed by atoms with Crippen molar-refractivity contribution in [2.24, 2.45) is 11.8 Å². The molecule has 15 heavy (non-hydrogen) atoms. The average molecular weight is 209 g/mol. The zero-order chi connectivity index (χ0) is 10.6. The normalized spacial score (nSPS) is 41.8. The van der Waals surface area contributed by atoms with E-state index in [1.165, 1.54) is 0 Å². The third-order valence-corrected chi connectivity index (χ3v) is 3.33. The van der Waals surface area contributed by atoms with E-state index in [9.17, 15) is 9.59 Å². The van der Waals surface area contributed by atoms with E-state index in [1.54, 1.807) is 0 Å². The first-order valence-corrected chi connectivity index (χ1v) is 5.04. The predicted molar refractivity (Wildman–Crippen MR) is 48.6 cm³/mol. The van der Waals surface area contributed by atoms with Crippen molar-refractivity contribution in [1.29, 1.82) is 0 Å². The number of fused-ring (bicyclic) bond motifs is 5. The highest BCUT2D eigenvalue weighted by Gasteiger charge is 2.60. The molecule has 0 radical (unpaired) electrons. The van der Waals surface area contributed by atoms with Gasteiger partial charge in [-0.3, -0.25) is 14.5 Å². The van der Waals surface area contributed by atoms with Crippen LogP contribution in [0.4, 0.5) is 0 Å². The van der Waals surface area contributed by atoms with E-state index < -0.39 is 0 Å². The number of aliphatic hydroxyl groups is 1. The zero-order valence-corrected chi connectivity index (χ0v) is 8.00. The van der Waals surface area contributed by atoms with Crippen LogP contribution in [-0.2, 0) is 14.3 Å². The number of β-amino-alcohol motifs (C(OH)–C–C–N with tert-alkyl or cyclic N) is 1. The van der Waals surface area contributed by atoms with Gasteiger partial charge in [0.05, 0.1) is 37.2 Å². The van der Waals surface area contributed by atoms with Gasteiger partial charge in [-0.1, -0.05) is 12.2 Å². The van der Waals surface area contributed by atoms with Crippen molar-refractivity contribution < 1.29 is 19.4 Å². The van der Waals surface area contributed by atoms with Gasteiger partial charge in [0.2, 0.25) is 11.8 Å². The Bertz CT molecular complexity index is 334. The summed E-state index contributed by atoms with van der Waals surface area (Å²) in [5, 5.41) is 8.78. The SMILES string of the molecule is O=C1C2[C@@H](C(=O)N1CCO)C1C=C[C@H]2O1. The molecule has 5 nitrogen and oxygen atoms in total. The lowest BCUT2D eigenvalue weighted by Crippen LogP contribution is -2.36. The molecule has 0 spiro atoms. The molecule has 3 aliphatic rings. The van der Waals surface area contributed by atoms with Crippen molar-refractivity contribution in [2.45, 2.75) is 12.2 Å². The fourth-order valence-electron chi connectivity index (χ4n) is 2.69. The highest BCUT2D eigenvalue weighted by atomic mass is 16.5. The molecule has 2 bridgehead atoms. The van der Waals surface area contributed by atoms with Gasteiger partial charge in [-0.15, -0.1) is 0 Å². The van der Waals surface area contributed by atoms with Crippen LogP contribution in [0.25, 0.3) is 0 Å². The van der Waals surface area contributed by atoms with Crippen LogP contribution < -0.4 is 0 Å². The molecule has 5 heteroatoms. The molecule has 3 heterocycles. The number of likely N-dealkylation sites (tertiary alicyclic amines) is 1. The molecule has 80 valence electrons. The monoisotopic (exact) mass is 209 g/mol. The second-order valence-corrected chi connectivity index (χ2v) is 4.05. The van der Waals surface area contributed by atoms with Gasteiger partial charge in [0, 0.05) is 0 Å². The number of amides is 2. The first-order valence-electron chi connectivity index (χ1n) is 5.04. The Balaban J connectivity index is 1.93. The van der Waals surface area contributed by atoms with Crippen molar-refractivity contribution in [1.82, 2.24) is 4.90 Å². The maximum absolute atomic E-state index is 11.9. The molecular formula is C10H11NO4. The summed E-state index contributed by atoms with van der Waals surface area (Å²) in [6.07, 6.45) is 3.22. The van der Waals surface area contributed by atoms with Gasteiger partial charge in [0.1, 0.15) is 0 Å². The minimum Gasteiger partial charge on any atom is -0.395 e. The lowest BCUT2D eigenvalue weighted by molar-refractivity contribution is -0.142. The topological polar surface area (TPSA) is 66.8 Å². The highest BCUT2D eigenvalue weighted by molar-refractivity contribution is 6.06. The standard InChI is InChI=1S/C10H11NO4/c12-4-3-11-9(13)7-5-1-2-6(15-5)8(7)10(11)14/h1-2,5-8,12H,3-4H2/t5-,6?,7?,8+/m1/s1. The Morgan fingerprint density at radius 1 is 1.20 bits per heavy atom. The zero-order valence-electron chi connectivity index (χ0n) is 8.00. The summed E-state index contributed by atoms with van der Waals surface area (Å²) in [6.45, 7) is -0.0787. The van der Waals surface area contributed by atoms with Crippen molar-refractivity contribution in [3.05, 3.63) is 12.2 Å². The molecule has 0 aromatic carbocycles. The van der Waals surface area contributed by atoms with Crippen LogP contribution in [0.2, 0.25) is 0 Å². The number of hydrogen-bond donors (Lipinski definition) is 1. The summed E-state index contributed by atoms with van der Waals surface area (Å²) in [4.78, 5) is 24.9. The maximum atomic E-state index is 11.9. The highest BCUT2D eigenvalue weighted by Crippen LogP contribution is 2.44. The fraction of sp³-hybridized carbons (Fsp3) is 0.600. The second kappa shape index (κ2) is 2.90. The molecule has 2 fully saturated rings. The predicted octanol–water partition coefficient (Wildman–Crippen LogP) is -1.08. The number of carbonyl (C=O) groups is 2. The summed E-state index contributed by atoms with van der Waals surface area (Å²) in [5.74, 6) is -1.09. The lowest BCUT2D eigenvalue weighted by atomic mass is 9.85. The van der Waals surface area contributed by atoms with E-state index >= 15 is 0 Å². The van der Waals surface area contributed by atoms with E-state index in [0.717, 1.165) is 4.90 Å². The van der Waals surface area contributed by atoms with E-state index in [2.05, 4.69) is 0 Å². The van der Waals surface area contributed by atoms with Gasteiger partial charge < -0.3 is 9.84 Å². The Kier molecular flexibility index (Phi) is 1.75.